The maximum Gasteiger partial charge on any atom is 0.256 e. The van der Waals surface area contributed by atoms with Gasteiger partial charge in [-0.15, -0.1) is 0 Å². The number of hydrogen-bond acceptors (Lipinski definition) is 4. The van der Waals surface area contributed by atoms with Gasteiger partial charge in [0.25, 0.3) is 5.91 Å². The van der Waals surface area contributed by atoms with Crippen LogP contribution in [0.2, 0.25) is 0 Å². The number of nitrogens with two attached hydrogens (primary N) is 1. The van der Waals surface area contributed by atoms with Crippen molar-refractivity contribution in [1.82, 2.24) is 9.78 Å². The van der Waals surface area contributed by atoms with Crippen LogP contribution in [-0.4, -0.2) is 20.8 Å². The Bertz CT molecular complexity index is 585. The topological polar surface area (TPSA) is 93.2 Å². The SMILES string of the molecule is Cc1cc(C(=O)Nc2c(N)cnn2C)ccc1O. The third kappa shape index (κ3) is 2.13. The maximum atomic E-state index is 12.0. The number of phenolic OH excluding ortho intramolecular Hbond substituents is 1. The number of amides is 1. The van der Waals surface area contributed by atoms with E-state index in [1.165, 1.54) is 16.9 Å². The smallest absolute Gasteiger partial charge is 0.256 e. The van der Waals surface area contributed by atoms with Gasteiger partial charge in [0.15, 0.2) is 5.82 Å². The fourth-order valence-electron chi connectivity index (χ4n) is 1.58. The van der Waals surface area contributed by atoms with Crippen LogP contribution in [0.3, 0.4) is 0 Å². The number of carbonyl (C=O) groups excluding carboxylic acids is 1. The molecule has 0 radical (unpaired) electrons. The quantitative estimate of drug-likeness (QED) is 0.743. The number of phenols is 1. The van der Waals surface area contributed by atoms with E-state index < -0.39 is 0 Å². The molecule has 6 heteroatoms. The number of aromatic nitrogens is 2. The molecule has 1 heterocycles. The predicted octanol–water partition coefficient (Wildman–Crippen LogP) is 1.27. The Hall–Kier alpha value is -2.50. The molecule has 6 nitrogen and oxygen atoms in total. The summed E-state index contributed by atoms with van der Waals surface area (Å²) in [6, 6.07) is 4.64. The normalized spacial score (nSPS) is 10.3. The molecule has 1 aromatic heterocycles. The summed E-state index contributed by atoms with van der Waals surface area (Å²) in [5.41, 5.74) is 7.18. The number of anilines is 2. The zero-order chi connectivity index (χ0) is 13.3. The lowest BCUT2D eigenvalue weighted by Gasteiger charge is -2.07. The fourth-order valence-corrected chi connectivity index (χ4v) is 1.58. The molecule has 0 fully saturated rings. The third-order valence-corrected chi connectivity index (χ3v) is 2.66. The third-order valence-electron chi connectivity index (χ3n) is 2.66. The lowest BCUT2D eigenvalue weighted by atomic mass is 10.1. The van der Waals surface area contributed by atoms with E-state index >= 15 is 0 Å². The zero-order valence-corrected chi connectivity index (χ0v) is 10.1. The highest BCUT2D eigenvalue weighted by Crippen LogP contribution is 2.20. The van der Waals surface area contributed by atoms with Gasteiger partial charge in [-0.05, 0) is 30.7 Å². The molecular weight excluding hydrogens is 232 g/mol. The number of hydrogen-bond donors (Lipinski definition) is 3. The molecule has 0 atom stereocenters. The van der Waals surface area contributed by atoms with Gasteiger partial charge >= 0.3 is 0 Å². The van der Waals surface area contributed by atoms with Gasteiger partial charge in [0.05, 0.1) is 11.9 Å². The maximum absolute atomic E-state index is 12.0. The molecule has 0 bridgehead atoms. The molecule has 0 saturated carbocycles. The first-order chi connectivity index (χ1) is 8.49. The van der Waals surface area contributed by atoms with E-state index in [2.05, 4.69) is 10.4 Å². The molecule has 4 N–H and O–H groups in total. The number of aromatic hydroxyl groups is 1. The van der Waals surface area contributed by atoms with Gasteiger partial charge in [0.1, 0.15) is 5.75 Å². The average Bonchev–Trinajstić information content (AvgIpc) is 2.64. The fraction of sp³-hybridized carbons (Fsp3) is 0.167. The van der Waals surface area contributed by atoms with Gasteiger partial charge in [-0.1, -0.05) is 0 Å². The van der Waals surface area contributed by atoms with Gasteiger partial charge in [-0.25, -0.2) is 0 Å². The standard InChI is InChI=1S/C12H14N4O2/c1-7-5-8(3-4-10(7)17)12(18)15-11-9(13)6-14-16(11)2/h3-6,17H,13H2,1-2H3,(H,15,18). The van der Waals surface area contributed by atoms with Gasteiger partial charge in [0.2, 0.25) is 0 Å². The second-order valence-corrected chi connectivity index (χ2v) is 4.03. The second kappa shape index (κ2) is 4.40. The summed E-state index contributed by atoms with van der Waals surface area (Å²) in [4.78, 5) is 12.0. The van der Waals surface area contributed by atoms with Gasteiger partial charge in [0, 0.05) is 12.6 Å². The minimum atomic E-state index is -0.298. The minimum absolute atomic E-state index is 0.159. The summed E-state index contributed by atoms with van der Waals surface area (Å²) in [7, 11) is 1.69. The molecule has 2 aromatic rings. The molecule has 0 aliphatic heterocycles. The van der Waals surface area contributed by atoms with Crippen LogP contribution in [0.1, 0.15) is 15.9 Å². The Morgan fingerprint density at radius 1 is 1.50 bits per heavy atom. The molecule has 18 heavy (non-hydrogen) atoms. The van der Waals surface area contributed by atoms with E-state index in [1.54, 1.807) is 26.1 Å². The van der Waals surface area contributed by atoms with Crippen molar-refractivity contribution in [2.45, 2.75) is 6.92 Å². The number of aryl methyl sites for hydroxylation is 2. The van der Waals surface area contributed by atoms with E-state index in [1.807, 2.05) is 0 Å². The van der Waals surface area contributed by atoms with Crippen LogP contribution in [0, 0.1) is 6.92 Å². The van der Waals surface area contributed by atoms with Crippen molar-refractivity contribution in [1.29, 1.82) is 0 Å². The summed E-state index contributed by atoms with van der Waals surface area (Å²) < 4.78 is 1.49. The van der Waals surface area contributed by atoms with Crippen molar-refractivity contribution >= 4 is 17.4 Å². The molecule has 0 saturated heterocycles. The van der Waals surface area contributed by atoms with Crippen molar-refractivity contribution in [2.24, 2.45) is 7.05 Å². The average molecular weight is 246 g/mol. The van der Waals surface area contributed by atoms with Crippen LogP contribution in [0.4, 0.5) is 11.5 Å². The van der Waals surface area contributed by atoms with E-state index in [0.717, 1.165) is 0 Å². The van der Waals surface area contributed by atoms with Gasteiger partial charge in [-0.3, -0.25) is 9.48 Å². The Kier molecular flexibility index (Phi) is 2.93. The van der Waals surface area contributed by atoms with Crippen LogP contribution in [0.5, 0.6) is 5.75 Å². The first-order valence-electron chi connectivity index (χ1n) is 5.37. The zero-order valence-electron chi connectivity index (χ0n) is 10.1. The van der Waals surface area contributed by atoms with E-state index in [-0.39, 0.29) is 11.7 Å². The van der Waals surface area contributed by atoms with Crippen LogP contribution in [-0.2, 0) is 7.05 Å². The van der Waals surface area contributed by atoms with Crippen molar-refractivity contribution < 1.29 is 9.90 Å². The van der Waals surface area contributed by atoms with Crippen LogP contribution < -0.4 is 11.1 Å². The Balaban J connectivity index is 2.25. The lowest BCUT2D eigenvalue weighted by Crippen LogP contribution is -2.15. The highest BCUT2D eigenvalue weighted by molar-refractivity contribution is 6.05. The monoisotopic (exact) mass is 246 g/mol. The molecule has 2 rings (SSSR count). The molecule has 94 valence electrons. The summed E-state index contributed by atoms with van der Waals surface area (Å²) >= 11 is 0. The van der Waals surface area contributed by atoms with Crippen molar-refractivity contribution in [3.05, 3.63) is 35.5 Å². The number of nitrogens with zero attached hydrogens (tertiary/aromatic N) is 2. The van der Waals surface area contributed by atoms with E-state index in [0.29, 0.717) is 22.6 Å². The summed E-state index contributed by atoms with van der Waals surface area (Å²) in [5.74, 6) is 0.311. The number of carbonyl (C=O) groups is 1. The number of rotatable bonds is 2. The van der Waals surface area contributed by atoms with E-state index in [4.69, 9.17) is 5.73 Å². The largest absolute Gasteiger partial charge is 0.508 e. The summed E-state index contributed by atoms with van der Waals surface area (Å²) in [6.45, 7) is 1.73. The first kappa shape index (κ1) is 12.0. The molecule has 0 aliphatic rings. The summed E-state index contributed by atoms with van der Waals surface area (Å²) in [6.07, 6.45) is 1.47. The number of nitrogens with one attached hydrogen (secondary N) is 1. The van der Waals surface area contributed by atoms with Crippen molar-refractivity contribution in [3.63, 3.8) is 0 Å². The molecule has 1 aromatic carbocycles. The lowest BCUT2D eigenvalue weighted by molar-refractivity contribution is 0.102. The highest BCUT2D eigenvalue weighted by atomic mass is 16.3. The Morgan fingerprint density at radius 2 is 2.22 bits per heavy atom. The molecular formula is C12H14N4O2. The Labute approximate surface area is 104 Å². The first-order valence-corrected chi connectivity index (χ1v) is 5.37. The van der Waals surface area contributed by atoms with Crippen LogP contribution >= 0.6 is 0 Å². The number of benzene rings is 1. The Morgan fingerprint density at radius 3 is 2.78 bits per heavy atom. The molecule has 0 spiro atoms. The second-order valence-electron chi connectivity index (χ2n) is 4.03. The highest BCUT2D eigenvalue weighted by Gasteiger charge is 2.12. The van der Waals surface area contributed by atoms with Crippen LogP contribution in [0.15, 0.2) is 24.4 Å². The molecule has 1 amide bonds. The van der Waals surface area contributed by atoms with Crippen LogP contribution in [0.25, 0.3) is 0 Å². The van der Waals surface area contributed by atoms with Gasteiger partial charge in [-0.2, -0.15) is 5.10 Å². The molecule has 0 unspecified atom stereocenters. The minimum Gasteiger partial charge on any atom is -0.508 e. The number of nitrogen functional groups attached to an aromatic ring is 1. The van der Waals surface area contributed by atoms with Crippen molar-refractivity contribution in [2.75, 3.05) is 11.1 Å². The van der Waals surface area contributed by atoms with E-state index in [9.17, 15) is 9.90 Å². The van der Waals surface area contributed by atoms with Gasteiger partial charge < -0.3 is 16.2 Å². The predicted molar refractivity (Wildman–Crippen MR) is 68.4 cm³/mol. The summed E-state index contributed by atoms with van der Waals surface area (Å²) in [5, 5.41) is 16.0. The van der Waals surface area contributed by atoms with Crippen molar-refractivity contribution in [3.8, 4) is 5.75 Å². The molecule has 0 aliphatic carbocycles.